The maximum atomic E-state index is 5.78. The first-order valence-corrected chi connectivity index (χ1v) is 7.54. The average molecular weight is 314 g/mol. The van der Waals surface area contributed by atoms with Crippen LogP contribution in [-0.4, -0.2) is 19.7 Å². The van der Waals surface area contributed by atoms with E-state index in [1.165, 1.54) is 28.4 Å². The first-order valence-electron chi connectivity index (χ1n) is 6.75. The largest absolute Gasteiger partial charge is 0.494 e. The van der Waals surface area contributed by atoms with E-state index in [1.54, 1.807) is 0 Å². The first-order chi connectivity index (χ1) is 8.65. The van der Waals surface area contributed by atoms with Crippen LogP contribution in [-0.2, 0) is 0 Å². The van der Waals surface area contributed by atoms with Crippen LogP contribution in [0.2, 0.25) is 0 Å². The Balaban J connectivity index is 2.23. The van der Waals surface area contributed by atoms with E-state index in [1.807, 2.05) is 0 Å². The Bertz CT molecular complexity index is 343. The zero-order valence-corrected chi connectivity index (χ0v) is 13.3. The summed E-state index contributed by atoms with van der Waals surface area (Å²) in [5, 5.41) is 3.40. The topological polar surface area (TPSA) is 21.3 Å². The van der Waals surface area contributed by atoms with Crippen LogP contribution in [0.5, 0.6) is 5.75 Å². The number of rotatable bonds is 8. The molecule has 0 amide bonds. The van der Waals surface area contributed by atoms with Gasteiger partial charge in [0.2, 0.25) is 0 Å². The summed E-state index contributed by atoms with van der Waals surface area (Å²) in [5.74, 6) is 0.981. The number of halogens is 1. The minimum absolute atomic E-state index is 0.800. The molecule has 0 aromatic heterocycles. The lowest BCUT2D eigenvalue weighted by atomic mass is 10.1. The smallest absolute Gasteiger partial charge is 0.119 e. The zero-order valence-electron chi connectivity index (χ0n) is 11.7. The second-order valence-electron chi connectivity index (χ2n) is 4.68. The summed E-state index contributed by atoms with van der Waals surface area (Å²) in [7, 11) is 0. The van der Waals surface area contributed by atoms with Crippen molar-refractivity contribution in [2.75, 3.05) is 19.7 Å². The fourth-order valence-electron chi connectivity index (χ4n) is 1.83. The van der Waals surface area contributed by atoms with Gasteiger partial charge in [0.15, 0.2) is 0 Å². The summed E-state index contributed by atoms with van der Waals surface area (Å²) in [6.07, 6.45) is 3.48. The first kappa shape index (κ1) is 15.5. The van der Waals surface area contributed by atoms with E-state index in [-0.39, 0.29) is 0 Å². The number of nitrogens with one attached hydrogen (secondary N) is 1. The minimum atomic E-state index is 0.800. The van der Waals surface area contributed by atoms with Crippen molar-refractivity contribution in [3.8, 4) is 5.75 Å². The molecule has 1 rings (SSSR count). The number of benzene rings is 1. The number of ether oxygens (including phenoxy) is 1. The third kappa shape index (κ3) is 5.40. The van der Waals surface area contributed by atoms with Gasteiger partial charge in [0.25, 0.3) is 0 Å². The Labute approximate surface area is 119 Å². The van der Waals surface area contributed by atoms with Gasteiger partial charge in [-0.3, -0.25) is 0 Å². The number of hydrogen-bond donors (Lipinski definition) is 1. The molecular weight excluding hydrogens is 290 g/mol. The molecule has 102 valence electrons. The Hall–Kier alpha value is -0.540. The number of hydrogen-bond acceptors (Lipinski definition) is 2. The van der Waals surface area contributed by atoms with Gasteiger partial charge in [0.1, 0.15) is 5.75 Å². The third-order valence-electron chi connectivity index (χ3n) is 2.85. The highest BCUT2D eigenvalue weighted by molar-refractivity contribution is 9.10. The minimum Gasteiger partial charge on any atom is -0.494 e. The van der Waals surface area contributed by atoms with E-state index in [0.717, 1.165) is 31.9 Å². The molecule has 1 aromatic carbocycles. The molecular formula is C15H24BrNO. The molecule has 2 nitrogen and oxygen atoms in total. The van der Waals surface area contributed by atoms with Gasteiger partial charge >= 0.3 is 0 Å². The molecule has 0 fully saturated rings. The van der Waals surface area contributed by atoms with Gasteiger partial charge in [-0.25, -0.2) is 0 Å². The monoisotopic (exact) mass is 313 g/mol. The summed E-state index contributed by atoms with van der Waals surface area (Å²) in [4.78, 5) is 0. The van der Waals surface area contributed by atoms with Gasteiger partial charge < -0.3 is 10.1 Å². The molecule has 0 atom stereocenters. The van der Waals surface area contributed by atoms with E-state index >= 15 is 0 Å². The van der Waals surface area contributed by atoms with Crippen LogP contribution >= 0.6 is 15.9 Å². The van der Waals surface area contributed by atoms with Crippen molar-refractivity contribution < 1.29 is 4.74 Å². The van der Waals surface area contributed by atoms with Crippen LogP contribution in [0, 0.1) is 13.8 Å². The Morgan fingerprint density at radius 2 is 1.78 bits per heavy atom. The van der Waals surface area contributed by atoms with E-state index < -0.39 is 0 Å². The summed E-state index contributed by atoms with van der Waals surface area (Å²) in [5.41, 5.74) is 2.46. The molecule has 0 saturated carbocycles. The second kappa shape index (κ2) is 8.54. The van der Waals surface area contributed by atoms with Crippen LogP contribution in [0.1, 0.15) is 37.3 Å². The molecule has 18 heavy (non-hydrogen) atoms. The van der Waals surface area contributed by atoms with Crippen molar-refractivity contribution in [3.05, 3.63) is 27.7 Å². The van der Waals surface area contributed by atoms with Crippen molar-refractivity contribution in [2.45, 2.75) is 40.0 Å². The number of unbranched alkanes of at least 4 members (excludes halogenated alkanes) is 1. The fourth-order valence-corrected chi connectivity index (χ4v) is 2.06. The Morgan fingerprint density at radius 1 is 1.11 bits per heavy atom. The lowest BCUT2D eigenvalue weighted by molar-refractivity contribution is 0.305. The highest BCUT2D eigenvalue weighted by Gasteiger charge is 2.02. The highest BCUT2D eigenvalue weighted by Crippen LogP contribution is 2.26. The quantitative estimate of drug-likeness (QED) is 0.725. The van der Waals surface area contributed by atoms with Crippen LogP contribution in [0.4, 0.5) is 0 Å². The third-order valence-corrected chi connectivity index (χ3v) is 4.10. The predicted octanol–water partition coefficient (Wildman–Crippen LogP) is 4.22. The van der Waals surface area contributed by atoms with Crippen LogP contribution in [0.15, 0.2) is 16.6 Å². The fraction of sp³-hybridized carbons (Fsp3) is 0.600. The van der Waals surface area contributed by atoms with Gasteiger partial charge in [-0.15, -0.1) is 0 Å². The molecule has 0 aliphatic rings. The normalized spacial score (nSPS) is 10.7. The Morgan fingerprint density at radius 3 is 2.39 bits per heavy atom. The summed E-state index contributed by atoms with van der Waals surface area (Å²) in [6.45, 7) is 9.39. The lowest BCUT2D eigenvalue weighted by Gasteiger charge is -2.10. The summed E-state index contributed by atoms with van der Waals surface area (Å²) < 4.78 is 6.96. The Kier molecular flexibility index (Phi) is 7.36. The summed E-state index contributed by atoms with van der Waals surface area (Å²) >= 11 is 3.57. The van der Waals surface area contributed by atoms with Gasteiger partial charge in [0.05, 0.1) is 6.61 Å². The molecule has 1 aromatic rings. The number of aryl methyl sites for hydroxylation is 2. The van der Waals surface area contributed by atoms with Crippen LogP contribution in [0.25, 0.3) is 0 Å². The molecule has 0 saturated heterocycles. The van der Waals surface area contributed by atoms with Crippen molar-refractivity contribution in [2.24, 2.45) is 0 Å². The van der Waals surface area contributed by atoms with Gasteiger partial charge in [-0.1, -0.05) is 22.9 Å². The zero-order chi connectivity index (χ0) is 13.4. The second-order valence-corrected chi connectivity index (χ2v) is 5.47. The molecule has 1 N–H and O–H groups in total. The van der Waals surface area contributed by atoms with E-state index in [9.17, 15) is 0 Å². The summed E-state index contributed by atoms with van der Waals surface area (Å²) in [6, 6.07) is 4.18. The standard InChI is InChI=1S/C15H24BrNO/c1-4-7-17-8-5-6-9-18-14-10-12(2)15(16)13(3)11-14/h10-11,17H,4-9H2,1-3H3. The van der Waals surface area contributed by atoms with Gasteiger partial charge in [0, 0.05) is 4.47 Å². The molecule has 3 heteroatoms. The van der Waals surface area contributed by atoms with Crippen LogP contribution < -0.4 is 10.1 Å². The molecule has 0 radical (unpaired) electrons. The van der Waals surface area contributed by atoms with E-state index in [2.05, 4.69) is 54.2 Å². The lowest BCUT2D eigenvalue weighted by Crippen LogP contribution is -2.16. The molecule has 0 heterocycles. The molecule has 0 aliphatic carbocycles. The molecule has 0 aliphatic heterocycles. The average Bonchev–Trinajstić information content (AvgIpc) is 2.34. The van der Waals surface area contributed by atoms with Crippen molar-refractivity contribution in [3.63, 3.8) is 0 Å². The van der Waals surface area contributed by atoms with Crippen molar-refractivity contribution in [1.29, 1.82) is 0 Å². The molecule has 0 spiro atoms. The SMILES string of the molecule is CCCNCCCCOc1cc(C)c(Br)c(C)c1. The van der Waals surface area contributed by atoms with Gasteiger partial charge in [-0.2, -0.15) is 0 Å². The molecule has 0 unspecified atom stereocenters. The predicted molar refractivity (Wildman–Crippen MR) is 81.5 cm³/mol. The van der Waals surface area contributed by atoms with Gasteiger partial charge in [-0.05, 0) is 69.5 Å². The maximum Gasteiger partial charge on any atom is 0.119 e. The van der Waals surface area contributed by atoms with E-state index in [0.29, 0.717) is 0 Å². The molecule has 0 bridgehead atoms. The van der Waals surface area contributed by atoms with Crippen LogP contribution in [0.3, 0.4) is 0 Å². The van der Waals surface area contributed by atoms with E-state index in [4.69, 9.17) is 4.74 Å². The van der Waals surface area contributed by atoms with Crippen molar-refractivity contribution in [1.82, 2.24) is 5.32 Å². The highest BCUT2D eigenvalue weighted by atomic mass is 79.9. The van der Waals surface area contributed by atoms with Crippen molar-refractivity contribution >= 4 is 15.9 Å². The maximum absolute atomic E-state index is 5.78.